The molecule has 0 unspecified atom stereocenters. The highest BCUT2D eigenvalue weighted by Gasteiger charge is 2.35. The monoisotopic (exact) mass is 422 g/mol. The maximum atomic E-state index is 13.9. The van der Waals surface area contributed by atoms with Crippen LogP contribution in [0.2, 0.25) is 0 Å². The summed E-state index contributed by atoms with van der Waals surface area (Å²) in [5.41, 5.74) is 3.06. The van der Waals surface area contributed by atoms with E-state index in [9.17, 15) is 14.0 Å². The number of nitrogens with zero attached hydrogens (tertiary/aromatic N) is 2. The van der Waals surface area contributed by atoms with Crippen molar-refractivity contribution in [1.29, 1.82) is 0 Å². The topological polar surface area (TPSA) is 51.5 Å². The van der Waals surface area contributed by atoms with Gasteiger partial charge in [-0.2, -0.15) is 0 Å². The Bertz CT molecular complexity index is 1150. The quantitative estimate of drug-likeness (QED) is 0.533. The zero-order valence-corrected chi connectivity index (χ0v) is 17.3. The first-order valence-corrected chi connectivity index (χ1v) is 10.1. The van der Waals surface area contributed by atoms with Gasteiger partial charge in [0.15, 0.2) is 0 Å². The summed E-state index contributed by atoms with van der Waals surface area (Å²) in [6.07, 6.45) is 3.60. The zero-order chi connectivity index (χ0) is 21.3. The molecule has 1 fully saturated rings. The molecule has 2 aromatic carbocycles. The Morgan fingerprint density at radius 3 is 2.53 bits per heavy atom. The van der Waals surface area contributed by atoms with Crippen molar-refractivity contribution in [2.24, 2.45) is 0 Å². The van der Waals surface area contributed by atoms with Gasteiger partial charge in [0.05, 0.1) is 18.6 Å². The lowest BCUT2D eigenvalue weighted by Gasteiger charge is -2.12. The number of carbonyl (C=O) groups excluding carboxylic acids is 2. The van der Waals surface area contributed by atoms with Crippen LogP contribution in [-0.4, -0.2) is 27.7 Å². The molecule has 1 aromatic heterocycles. The number of hydrogen-bond acceptors (Lipinski definition) is 4. The first kappa shape index (κ1) is 20.0. The van der Waals surface area contributed by atoms with Gasteiger partial charge in [-0.25, -0.2) is 4.39 Å². The highest BCUT2D eigenvalue weighted by molar-refractivity contribution is 8.18. The van der Waals surface area contributed by atoms with E-state index in [1.54, 1.807) is 31.4 Å². The normalized spacial score (nSPS) is 15.3. The number of amides is 2. The number of aromatic nitrogens is 1. The molecule has 0 spiro atoms. The van der Waals surface area contributed by atoms with Gasteiger partial charge >= 0.3 is 0 Å². The molecule has 1 saturated heterocycles. The molecule has 0 aliphatic carbocycles. The van der Waals surface area contributed by atoms with Crippen molar-refractivity contribution in [2.75, 3.05) is 7.11 Å². The van der Waals surface area contributed by atoms with E-state index in [0.717, 1.165) is 39.4 Å². The molecule has 152 valence electrons. The first-order chi connectivity index (χ1) is 14.5. The third-order valence-electron chi connectivity index (χ3n) is 4.84. The molecule has 1 aliphatic rings. The van der Waals surface area contributed by atoms with Crippen molar-refractivity contribution in [1.82, 2.24) is 9.47 Å². The molecule has 0 radical (unpaired) electrons. The van der Waals surface area contributed by atoms with Crippen LogP contribution in [0.25, 0.3) is 11.8 Å². The van der Waals surface area contributed by atoms with E-state index in [0.29, 0.717) is 10.5 Å². The summed E-state index contributed by atoms with van der Waals surface area (Å²) in [6.45, 7) is 1.88. The van der Waals surface area contributed by atoms with Crippen LogP contribution in [0.3, 0.4) is 0 Å². The molecular weight excluding hydrogens is 403 g/mol. The molecule has 1 aliphatic heterocycles. The highest BCUT2D eigenvalue weighted by atomic mass is 32.2. The number of halogens is 1. The predicted octanol–water partition coefficient (Wildman–Crippen LogP) is 5.17. The minimum Gasteiger partial charge on any atom is -0.497 e. The molecule has 0 N–H and O–H groups in total. The Balaban J connectivity index is 1.57. The Kier molecular flexibility index (Phi) is 5.46. The van der Waals surface area contributed by atoms with Crippen LogP contribution in [0.5, 0.6) is 5.75 Å². The maximum absolute atomic E-state index is 13.9. The molecule has 2 heterocycles. The molecule has 30 heavy (non-hydrogen) atoms. The van der Waals surface area contributed by atoms with Crippen molar-refractivity contribution in [2.45, 2.75) is 13.5 Å². The van der Waals surface area contributed by atoms with Gasteiger partial charge in [0.25, 0.3) is 11.1 Å². The van der Waals surface area contributed by atoms with Gasteiger partial charge in [-0.15, -0.1) is 0 Å². The lowest BCUT2D eigenvalue weighted by atomic mass is 10.2. The minimum atomic E-state index is -0.437. The second-order valence-electron chi connectivity index (χ2n) is 6.84. The summed E-state index contributed by atoms with van der Waals surface area (Å²) >= 11 is 0.868. The number of thioether (sulfide) groups is 1. The zero-order valence-electron chi connectivity index (χ0n) is 16.5. The number of rotatable bonds is 5. The predicted molar refractivity (Wildman–Crippen MR) is 115 cm³/mol. The van der Waals surface area contributed by atoms with Crippen molar-refractivity contribution in [3.05, 3.63) is 88.3 Å². The fraction of sp³-hybridized carbons (Fsp3) is 0.130. The maximum Gasteiger partial charge on any atom is 0.293 e. The Labute approximate surface area is 177 Å². The largest absolute Gasteiger partial charge is 0.497 e. The van der Waals surface area contributed by atoms with Crippen molar-refractivity contribution in [3.8, 4) is 11.4 Å². The van der Waals surface area contributed by atoms with Crippen molar-refractivity contribution in [3.63, 3.8) is 0 Å². The fourth-order valence-corrected chi connectivity index (χ4v) is 4.12. The smallest absolute Gasteiger partial charge is 0.293 e. The van der Waals surface area contributed by atoms with E-state index in [2.05, 4.69) is 0 Å². The van der Waals surface area contributed by atoms with E-state index in [-0.39, 0.29) is 6.54 Å². The molecule has 7 heteroatoms. The summed E-state index contributed by atoms with van der Waals surface area (Å²) in [7, 11) is 1.62. The average molecular weight is 422 g/mol. The number of benzene rings is 2. The van der Waals surface area contributed by atoms with Gasteiger partial charge in [-0.05, 0) is 66.7 Å². The Morgan fingerprint density at radius 1 is 1.10 bits per heavy atom. The highest BCUT2D eigenvalue weighted by Crippen LogP contribution is 2.34. The van der Waals surface area contributed by atoms with Gasteiger partial charge in [-0.1, -0.05) is 18.2 Å². The standard InChI is InChI=1S/C23H19FN2O3S/c1-15-11-16(13-25(15)18-7-9-19(29-2)10-8-18)12-21-22(27)26(23(28)30-21)14-17-5-3-4-6-20(17)24/h3-13H,14H2,1-2H3/b21-12+. The number of ether oxygens (including phenoxy) is 1. The molecular formula is C23H19FN2O3S. The number of imide groups is 1. The van der Waals surface area contributed by atoms with Crippen molar-refractivity contribution >= 4 is 29.0 Å². The lowest BCUT2D eigenvalue weighted by molar-refractivity contribution is -0.123. The molecule has 2 amide bonds. The molecule has 3 aromatic rings. The Morgan fingerprint density at radius 2 is 1.83 bits per heavy atom. The molecule has 0 bridgehead atoms. The third kappa shape index (κ3) is 3.89. The average Bonchev–Trinajstić information content (AvgIpc) is 3.23. The number of hydrogen-bond donors (Lipinski definition) is 0. The number of carbonyl (C=O) groups is 2. The Hall–Kier alpha value is -3.32. The molecule has 5 nitrogen and oxygen atoms in total. The molecule has 0 saturated carbocycles. The van der Waals surface area contributed by atoms with Crippen LogP contribution in [0.15, 0.2) is 65.7 Å². The van der Waals surface area contributed by atoms with Crippen LogP contribution in [0.1, 0.15) is 16.8 Å². The van der Waals surface area contributed by atoms with E-state index < -0.39 is 17.0 Å². The van der Waals surface area contributed by atoms with Crippen molar-refractivity contribution < 1.29 is 18.7 Å². The van der Waals surface area contributed by atoms with Crippen LogP contribution in [0.4, 0.5) is 9.18 Å². The van der Waals surface area contributed by atoms with E-state index in [1.807, 2.05) is 48.0 Å². The summed E-state index contributed by atoms with van der Waals surface area (Å²) in [5, 5.41) is -0.402. The van der Waals surface area contributed by atoms with E-state index in [4.69, 9.17) is 4.74 Å². The van der Waals surface area contributed by atoms with Crippen LogP contribution < -0.4 is 4.74 Å². The van der Waals surface area contributed by atoms with E-state index in [1.165, 1.54) is 6.07 Å². The third-order valence-corrected chi connectivity index (χ3v) is 5.75. The van der Waals surface area contributed by atoms with Crippen LogP contribution in [-0.2, 0) is 11.3 Å². The van der Waals surface area contributed by atoms with E-state index >= 15 is 0 Å². The lowest BCUT2D eigenvalue weighted by Crippen LogP contribution is -2.27. The number of methoxy groups -OCH3 is 1. The van der Waals surface area contributed by atoms with Crippen LogP contribution >= 0.6 is 11.8 Å². The first-order valence-electron chi connectivity index (χ1n) is 9.28. The van der Waals surface area contributed by atoms with Gasteiger partial charge in [0, 0.05) is 23.1 Å². The molecule has 4 rings (SSSR count). The minimum absolute atomic E-state index is 0.0828. The van der Waals surface area contributed by atoms with Gasteiger partial charge < -0.3 is 9.30 Å². The fourth-order valence-electron chi connectivity index (χ4n) is 3.28. The second-order valence-corrected chi connectivity index (χ2v) is 7.84. The summed E-state index contributed by atoms with van der Waals surface area (Å²) in [5.74, 6) is -0.0804. The number of aryl methyl sites for hydroxylation is 1. The molecule has 0 atom stereocenters. The summed E-state index contributed by atoms with van der Waals surface area (Å²) in [6, 6.07) is 15.7. The SMILES string of the molecule is COc1ccc(-n2cc(/C=C3/SC(=O)N(Cc4ccccc4F)C3=O)cc2C)cc1. The van der Waals surface area contributed by atoms with Gasteiger partial charge in [0.2, 0.25) is 0 Å². The summed E-state index contributed by atoms with van der Waals surface area (Å²) < 4.78 is 21.1. The van der Waals surface area contributed by atoms with Gasteiger partial charge in [-0.3, -0.25) is 14.5 Å². The summed E-state index contributed by atoms with van der Waals surface area (Å²) in [4.78, 5) is 26.5. The van der Waals surface area contributed by atoms with Gasteiger partial charge in [0.1, 0.15) is 11.6 Å². The second kappa shape index (κ2) is 8.20. The van der Waals surface area contributed by atoms with Crippen LogP contribution in [0, 0.1) is 12.7 Å².